The maximum Gasteiger partial charge on any atom is 0.432 e. The molecule has 0 aromatic rings. The molecule has 0 fully saturated rings. The molecule has 6 heteroatoms. The summed E-state index contributed by atoms with van der Waals surface area (Å²) in [6, 6.07) is -0.421. The maximum atomic E-state index is 12.7. The van der Waals surface area contributed by atoms with Crippen molar-refractivity contribution in [3.63, 3.8) is 0 Å². The number of nitrogens with two attached hydrogens (primary N) is 1. The van der Waals surface area contributed by atoms with Crippen LogP contribution in [0.1, 0.15) is 20.8 Å². The lowest BCUT2D eigenvalue weighted by atomic mass is 10.2. The third-order valence-corrected chi connectivity index (χ3v) is 2.11. The van der Waals surface area contributed by atoms with Gasteiger partial charge in [-0.25, -0.2) is 0 Å². The summed E-state index contributed by atoms with van der Waals surface area (Å²) in [6.07, 6.45) is -1.81. The van der Waals surface area contributed by atoms with Gasteiger partial charge in [-0.3, -0.25) is 5.01 Å². The van der Waals surface area contributed by atoms with E-state index in [9.17, 15) is 13.2 Å². The number of rotatable bonds is 5. The molecule has 0 aliphatic heterocycles. The van der Waals surface area contributed by atoms with Crippen LogP contribution in [-0.4, -0.2) is 24.3 Å². The molecule has 0 bridgehead atoms. The van der Waals surface area contributed by atoms with Gasteiger partial charge in [0.1, 0.15) is 5.70 Å². The highest BCUT2D eigenvalue weighted by Crippen LogP contribution is 2.26. The van der Waals surface area contributed by atoms with Crippen LogP contribution >= 0.6 is 0 Å². The summed E-state index contributed by atoms with van der Waals surface area (Å²) in [4.78, 5) is 0. The van der Waals surface area contributed by atoms with Gasteiger partial charge in [0.25, 0.3) is 0 Å². The number of allylic oxidation sites excluding steroid dienone is 4. The first-order valence-corrected chi connectivity index (χ1v) is 5.46. The molecular weight excluding hydrogens is 243 g/mol. The molecule has 0 aromatic heterocycles. The molecule has 0 amide bonds. The number of nitrogens with zero attached hydrogens (tertiary/aromatic N) is 1. The van der Waals surface area contributed by atoms with Crippen molar-refractivity contribution < 1.29 is 13.2 Å². The van der Waals surface area contributed by atoms with Crippen LogP contribution < -0.4 is 11.2 Å². The van der Waals surface area contributed by atoms with Gasteiger partial charge in [-0.2, -0.15) is 13.2 Å². The molecule has 104 valence electrons. The predicted octanol–water partition coefficient (Wildman–Crippen LogP) is 2.70. The Labute approximate surface area is 106 Å². The molecule has 0 unspecified atom stereocenters. The SMILES string of the molecule is C=C(C)/C=C(\NN(C)/C(=C\C)C(F)(F)F)[C@H](C)N. The summed E-state index contributed by atoms with van der Waals surface area (Å²) in [5, 5.41) is 0.901. The molecule has 0 aromatic carbocycles. The van der Waals surface area contributed by atoms with Crippen molar-refractivity contribution in [2.45, 2.75) is 33.0 Å². The molecular formula is C12H20F3N3. The Morgan fingerprint density at radius 2 is 1.94 bits per heavy atom. The lowest BCUT2D eigenvalue weighted by Crippen LogP contribution is -2.42. The summed E-state index contributed by atoms with van der Waals surface area (Å²) in [5.74, 6) is 0. The third kappa shape index (κ3) is 5.27. The van der Waals surface area contributed by atoms with E-state index in [1.165, 1.54) is 14.0 Å². The van der Waals surface area contributed by atoms with Gasteiger partial charge in [0.05, 0.1) is 0 Å². The van der Waals surface area contributed by atoms with Crippen molar-refractivity contribution in [3.05, 3.63) is 35.7 Å². The monoisotopic (exact) mass is 263 g/mol. The van der Waals surface area contributed by atoms with Gasteiger partial charge in [0.15, 0.2) is 0 Å². The zero-order chi connectivity index (χ0) is 14.5. The normalized spacial score (nSPS) is 15.3. The Bertz CT molecular complexity index is 354. The van der Waals surface area contributed by atoms with Crippen LogP contribution in [0.15, 0.2) is 35.7 Å². The van der Waals surface area contributed by atoms with E-state index in [4.69, 9.17) is 5.73 Å². The van der Waals surface area contributed by atoms with E-state index in [1.54, 1.807) is 19.9 Å². The number of hydrazine groups is 1. The number of hydrogen-bond donors (Lipinski definition) is 2. The molecule has 0 saturated heterocycles. The number of hydrogen-bond acceptors (Lipinski definition) is 3. The zero-order valence-electron chi connectivity index (χ0n) is 11.1. The average Bonchev–Trinajstić information content (AvgIpc) is 2.14. The van der Waals surface area contributed by atoms with E-state index in [0.29, 0.717) is 11.3 Å². The Balaban J connectivity index is 5.02. The molecule has 0 spiro atoms. The fourth-order valence-electron chi connectivity index (χ4n) is 1.33. The zero-order valence-corrected chi connectivity index (χ0v) is 11.1. The molecule has 0 saturated carbocycles. The van der Waals surface area contributed by atoms with E-state index >= 15 is 0 Å². The van der Waals surface area contributed by atoms with Gasteiger partial charge in [-0.1, -0.05) is 18.2 Å². The van der Waals surface area contributed by atoms with Crippen molar-refractivity contribution >= 4 is 0 Å². The quantitative estimate of drug-likeness (QED) is 0.592. The molecule has 0 rings (SSSR count). The Morgan fingerprint density at radius 3 is 2.22 bits per heavy atom. The minimum Gasteiger partial charge on any atom is -0.323 e. The van der Waals surface area contributed by atoms with Crippen molar-refractivity contribution in [3.8, 4) is 0 Å². The fraction of sp³-hybridized carbons (Fsp3) is 0.500. The van der Waals surface area contributed by atoms with Crippen molar-refractivity contribution in [2.75, 3.05) is 7.05 Å². The van der Waals surface area contributed by atoms with Crippen molar-refractivity contribution in [1.29, 1.82) is 0 Å². The summed E-state index contributed by atoms with van der Waals surface area (Å²) in [7, 11) is 1.29. The molecule has 0 heterocycles. The largest absolute Gasteiger partial charge is 0.432 e. The van der Waals surface area contributed by atoms with Crippen LogP contribution in [0.25, 0.3) is 0 Å². The lowest BCUT2D eigenvalue weighted by Gasteiger charge is -2.28. The predicted molar refractivity (Wildman–Crippen MR) is 67.3 cm³/mol. The summed E-state index contributed by atoms with van der Waals surface area (Å²) in [5.41, 5.74) is 8.70. The van der Waals surface area contributed by atoms with Crippen molar-refractivity contribution in [2.24, 2.45) is 5.73 Å². The highest BCUT2D eigenvalue weighted by molar-refractivity contribution is 5.21. The van der Waals surface area contributed by atoms with Gasteiger partial charge in [-0.05, 0) is 26.8 Å². The van der Waals surface area contributed by atoms with Crippen molar-refractivity contribution in [1.82, 2.24) is 10.4 Å². The second-order valence-corrected chi connectivity index (χ2v) is 4.08. The molecule has 0 radical (unpaired) electrons. The Kier molecular flexibility index (Phi) is 5.97. The van der Waals surface area contributed by atoms with Crippen LogP contribution in [0.3, 0.4) is 0 Å². The number of halogens is 3. The Hall–Kier alpha value is -1.43. The first kappa shape index (κ1) is 16.6. The number of nitrogens with one attached hydrogen (secondary N) is 1. The second kappa shape index (κ2) is 6.49. The maximum absolute atomic E-state index is 12.7. The lowest BCUT2D eigenvalue weighted by molar-refractivity contribution is -0.113. The van der Waals surface area contributed by atoms with Gasteiger partial charge in [0.2, 0.25) is 0 Å². The summed E-state index contributed by atoms with van der Waals surface area (Å²) in [6.45, 7) is 8.42. The molecule has 0 aliphatic carbocycles. The van der Waals surface area contributed by atoms with E-state index in [-0.39, 0.29) is 0 Å². The van der Waals surface area contributed by atoms with Gasteiger partial charge in [0, 0.05) is 18.8 Å². The Morgan fingerprint density at radius 1 is 1.44 bits per heavy atom. The second-order valence-electron chi connectivity index (χ2n) is 4.08. The minimum absolute atomic E-state index is 0.421. The van der Waals surface area contributed by atoms with Crippen LogP contribution in [0.2, 0.25) is 0 Å². The molecule has 18 heavy (non-hydrogen) atoms. The highest BCUT2D eigenvalue weighted by atomic mass is 19.4. The van der Waals surface area contributed by atoms with Gasteiger partial charge < -0.3 is 11.2 Å². The van der Waals surface area contributed by atoms with Gasteiger partial charge >= 0.3 is 6.18 Å². The smallest absolute Gasteiger partial charge is 0.323 e. The highest BCUT2D eigenvalue weighted by Gasteiger charge is 2.36. The van der Waals surface area contributed by atoms with Gasteiger partial charge in [-0.15, -0.1) is 0 Å². The first-order valence-electron chi connectivity index (χ1n) is 5.46. The fourth-order valence-corrected chi connectivity index (χ4v) is 1.33. The van der Waals surface area contributed by atoms with E-state index in [1.807, 2.05) is 0 Å². The first-order chi connectivity index (χ1) is 8.09. The number of alkyl halides is 3. The van der Waals surface area contributed by atoms with Crippen LogP contribution in [0.4, 0.5) is 13.2 Å². The standard InChI is InChI=1S/C12H20F3N3/c1-6-11(12(13,14)15)18(5)17-10(9(4)16)7-8(2)3/h6-7,9,17H,2,16H2,1,3-5H3/b10-7-,11-6-/t9-/m0/s1. The van der Waals surface area contributed by atoms with E-state index in [2.05, 4.69) is 12.0 Å². The third-order valence-electron chi connectivity index (χ3n) is 2.11. The average molecular weight is 263 g/mol. The molecule has 3 N–H and O–H groups in total. The topological polar surface area (TPSA) is 41.3 Å². The minimum atomic E-state index is -4.41. The van der Waals surface area contributed by atoms with Crippen LogP contribution in [-0.2, 0) is 0 Å². The molecule has 3 nitrogen and oxygen atoms in total. The van der Waals surface area contributed by atoms with E-state index < -0.39 is 17.9 Å². The van der Waals surface area contributed by atoms with Crippen LogP contribution in [0, 0.1) is 0 Å². The summed E-state index contributed by atoms with van der Waals surface area (Å²) >= 11 is 0. The summed E-state index contributed by atoms with van der Waals surface area (Å²) < 4.78 is 38.0. The molecule has 1 atom stereocenters. The van der Waals surface area contributed by atoms with Crippen LogP contribution in [0.5, 0.6) is 0 Å². The molecule has 0 aliphatic rings. The van der Waals surface area contributed by atoms with E-state index in [0.717, 1.165) is 11.1 Å².